The Morgan fingerprint density at radius 2 is 2.15 bits per heavy atom. The Bertz CT molecular complexity index is 713. The van der Waals surface area contributed by atoms with Crippen LogP contribution in [0.25, 0.3) is 0 Å². The van der Waals surface area contributed by atoms with Crippen LogP contribution >= 0.6 is 11.3 Å². The summed E-state index contributed by atoms with van der Waals surface area (Å²) in [6, 6.07) is 4.95. The number of carbonyl (C=O) groups is 1. The molecule has 4 aliphatic rings. The van der Waals surface area contributed by atoms with Crippen LogP contribution in [0.5, 0.6) is 0 Å². The van der Waals surface area contributed by atoms with Crippen LogP contribution in [-0.4, -0.2) is 41.2 Å². The summed E-state index contributed by atoms with van der Waals surface area (Å²) in [5.41, 5.74) is -0.599. The molecule has 1 aliphatic carbocycles. The minimum atomic E-state index is -0.599. The van der Waals surface area contributed by atoms with Crippen molar-refractivity contribution >= 4 is 28.5 Å². The van der Waals surface area contributed by atoms with Crippen LogP contribution in [0.4, 0.5) is 5.00 Å². The van der Waals surface area contributed by atoms with E-state index >= 15 is 0 Å². The number of aliphatic imine (C=N–C) groups is 1. The Hall–Kier alpha value is -1.20. The zero-order valence-electron chi connectivity index (χ0n) is 17.2. The van der Waals surface area contributed by atoms with E-state index in [1.807, 2.05) is 17.5 Å². The maximum absolute atomic E-state index is 13.6. The van der Waals surface area contributed by atoms with Gasteiger partial charge in [-0.05, 0) is 55.0 Å². The van der Waals surface area contributed by atoms with E-state index in [9.17, 15) is 4.79 Å². The van der Waals surface area contributed by atoms with Gasteiger partial charge in [0.25, 0.3) is 5.91 Å². The van der Waals surface area contributed by atoms with Gasteiger partial charge in [0.15, 0.2) is 0 Å². The lowest BCUT2D eigenvalue weighted by molar-refractivity contribution is -0.126. The molecule has 4 bridgehead atoms. The number of carbonyl (C=O) groups excluding carboxylic acids is 1. The lowest BCUT2D eigenvalue weighted by atomic mass is 9.58. The van der Waals surface area contributed by atoms with Crippen molar-refractivity contribution in [2.75, 3.05) is 11.9 Å². The van der Waals surface area contributed by atoms with Gasteiger partial charge in [0.05, 0.1) is 5.00 Å². The van der Waals surface area contributed by atoms with Crippen LogP contribution < -0.4 is 5.32 Å². The summed E-state index contributed by atoms with van der Waals surface area (Å²) in [6.45, 7) is 12.7. The number of thiophene rings is 1. The monoisotopic (exact) mass is 387 g/mol. The smallest absolute Gasteiger partial charge is 0.253 e. The molecule has 1 N–H and O–H groups in total. The van der Waals surface area contributed by atoms with Gasteiger partial charge >= 0.3 is 0 Å². The maximum atomic E-state index is 13.6. The van der Waals surface area contributed by atoms with Gasteiger partial charge in [-0.2, -0.15) is 0 Å². The van der Waals surface area contributed by atoms with Crippen LogP contribution in [0.3, 0.4) is 0 Å². The normalized spacial score (nSPS) is 37.5. The van der Waals surface area contributed by atoms with Gasteiger partial charge < -0.3 is 5.32 Å². The maximum Gasteiger partial charge on any atom is 0.253 e. The summed E-state index contributed by atoms with van der Waals surface area (Å²) >= 11 is 1.58. The van der Waals surface area contributed by atoms with Gasteiger partial charge in [0, 0.05) is 36.7 Å². The first-order valence-corrected chi connectivity index (χ1v) is 11.4. The average Bonchev–Trinajstić information content (AvgIpc) is 3.18. The SMILES string of the molecule is CC(C)CC1C2C3C=NC1(C(=O)Nc1cccs1)CC3C(C)N2CC(C)C. The fourth-order valence-corrected chi connectivity index (χ4v) is 6.53. The van der Waals surface area contributed by atoms with Crippen molar-refractivity contribution < 1.29 is 4.79 Å². The zero-order chi connectivity index (χ0) is 19.3. The fraction of sp³-hybridized carbons (Fsp3) is 0.727. The largest absolute Gasteiger partial charge is 0.316 e. The van der Waals surface area contributed by atoms with Crippen molar-refractivity contribution in [3.8, 4) is 0 Å². The summed E-state index contributed by atoms with van der Waals surface area (Å²) in [7, 11) is 0. The third-order valence-electron chi connectivity index (χ3n) is 6.92. The van der Waals surface area contributed by atoms with Gasteiger partial charge in [-0.15, -0.1) is 11.3 Å². The highest BCUT2D eigenvalue weighted by Gasteiger charge is 2.65. The van der Waals surface area contributed by atoms with Gasteiger partial charge in [-0.3, -0.25) is 14.7 Å². The summed E-state index contributed by atoms with van der Waals surface area (Å²) in [4.78, 5) is 21.2. The lowest BCUT2D eigenvalue weighted by Crippen LogP contribution is -2.62. The van der Waals surface area contributed by atoms with Crippen molar-refractivity contribution in [2.45, 2.75) is 65.1 Å². The Labute approximate surface area is 167 Å². The van der Waals surface area contributed by atoms with Gasteiger partial charge in [-0.1, -0.05) is 27.7 Å². The van der Waals surface area contributed by atoms with E-state index in [4.69, 9.17) is 4.99 Å². The van der Waals surface area contributed by atoms with E-state index in [0.717, 1.165) is 24.4 Å². The second-order valence-corrected chi connectivity index (χ2v) is 10.6. The fourth-order valence-electron chi connectivity index (χ4n) is 5.92. The van der Waals surface area contributed by atoms with E-state index in [-0.39, 0.29) is 5.91 Å². The summed E-state index contributed by atoms with van der Waals surface area (Å²) < 4.78 is 0. The second-order valence-electron chi connectivity index (χ2n) is 9.64. The van der Waals surface area contributed by atoms with Crippen LogP contribution in [0.15, 0.2) is 22.5 Å². The Balaban J connectivity index is 1.71. The highest BCUT2D eigenvalue weighted by Crippen LogP contribution is 2.57. The van der Waals surface area contributed by atoms with Crippen molar-refractivity contribution in [1.82, 2.24) is 4.90 Å². The predicted octanol–water partition coefficient (Wildman–Crippen LogP) is 4.54. The van der Waals surface area contributed by atoms with Crippen LogP contribution in [0.2, 0.25) is 0 Å². The van der Waals surface area contributed by atoms with Crippen LogP contribution in [0, 0.1) is 29.6 Å². The number of likely N-dealkylation sites (tertiary alicyclic amines) is 1. The first-order valence-electron chi connectivity index (χ1n) is 10.5. The highest BCUT2D eigenvalue weighted by molar-refractivity contribution is 7.14. The summed E-state index contributed by atoms with van der Waals surface area (Å²) in [5.74, 6) is 2.66. The number of hydrogen-bond donors (Lipinski definition) is 1. The third kappa shape index (κ3) is 3.07. The van der Waals surface area contributed by atoms with E-state index < -0.39 is 5.54 Å². The molecule has 0 aromatic carbocycles. The molecule has 1 saturated carbocycles. The van der Waals surface area contributed by atoms with Crippen molar-refractivity contribution in [3.63, 3.8) is 0 Å². The minimum Gasteiger partial charge on any atom is -0.316 e. The molecule has 1 aromatic rings. The van der Waals surface area contributed by atoms with Crippen LogP contribution in [0.1, 0.15) is 47.5 Å². The zero-order valence-corrected chi connectivity index (χ0v) is 18.0. The third-order valence-corrected chi connectivity index (χ3v) is 7.70. The molecule has 6 unspecified atom stereocenters. The number of hydrogen-bond acceptors (Lipinski definition) is 4. The lowest BCUT2D eigenvalue weighted by Gasteiger charge is -2.51. The van der Waals surface area contributed by atoms with Gasteiger partial charge in [0.2, 0.25) is 0 Å². The molecule has 5 rings (SSSR count). The second kappa shape index (κ2) is 7.00. The molecule has 1 saturated heterocycles. The molecular weight excluding hydrogens is 354 g/mol. The topological polar surface area (TPSA) is 44.7 Å². The van der Waals surface area contributed by atoms with Crippen molar-refractivity contribution in [2.24, 2.45) is 34.6 Å². The molecule has 1 amide bonds. The number of anilines is 1. The number of amides is 1. The van der Waals surface area contributed by atoms with Gasteiger partial charge in [0.1, 0.15) is 5.54 Å². The molecule has 4 nitrogen and oxygen atoms in total. The van der Waals surface area contributed by atoms with Crippen LogP contribution in [-0.2, 0) is 4.79 Å². The quantitative estimate of drug-likeness (QED) is 0.779. The summed E-state index contributed by atoms with van der Waals surface area (Å²) in [6.07, 6.45) is 4.11. The molecule has 0 radical (unpaired) electrons. The van der Waals surface area contributed by atoms with E-state index in [1.165, 1.54) is 0 Å². The number of nitrogens with zero attached hydrogens (tertiary/aromatic N) is 2. The number of nitrogens with one attached hydrogen (secondary N) is 1. The Kier molecular flexibility index (Phi) is 4.96. The standard InChI is InChI=1S/C22H33N3OS/c1-13(2)9-18-20-17-11-23-22(18,21(26)24-19-7-6-8-27-19)10-16(17)15(5)25(20)12-14(3)4/h6-8,11,13-18,20H,9-10,12H2,1-5H3,(H,24,26). The molecule has 3 aliphatic heterocycles. The van der Waals surface area contributed by atoms with E-state index in [1.54, 1.807) is 11.3 Å². The number of rotatable bonds is 6. The van der Waals surface area contributed by atoms with Crippen molar-refractivity contribution in [1.29, 1.82) is 0 Å². The van der Waals surface area contributed by atoms with Crippen molar-refractivity contribution in [3.05, 3.63) is 17.5 Å². The molecule has 2 fully saturated rings. The molecule has 6 atom stereocenters. The Morgan fingerprint density at radius 1 is 1.37 bits per heavy atom. The molecule has 0 spiro atoms. The molecule has 5 heteroatoms. The van der Waals surface area contributed by atoms with E-state index in [0.29, 0.717) is 41.7 Å². The highest BCUT2D eigenvalue weighted by atomic mass is 32.1. The molecule has 148 valence electrons. The molecule has 27 heavy (non-hydrogen) atoms. The predicted molar refractivity (Wildman–Crippen MR) is 114 cm³/mol. The molecule has 4 heterocycles. The first-order chi connectivity index (χ1) is 12.8. The average molecular weight is 388 g/mol. The summed E-state index contributed by atoms with van der Waals surface area (Å²) in [5, 5.41) is 6.14. The van der Waals surface area contributed by atoms with E-state index in [2.05, 4.69) is 51.0 Å². The first kappa shape index (κ1) is 19.1. The van der Waals surface area contributed by atoms with Gasteiger partial charge in [-0.25, -0.2) is 0 Å². The molecular formula is C22H33N3OS. The minimum absolute atomic E-state index is 0.110. The molecule has 1 aromatic heterocycles. The Morgan fingerprint density at radius 3 is 2.78 bits per heavy atom.